The van der Waals surface area contributed by atoms with Crippen molar-refractivity contribution in [2.24, 2.45) is 0 Å². The number of aryl methyl sites for hydroxylation is 1. The molecule has 0 amide bonds. The zero-order chi connectivity index (χ0) is 8.97. The van der Waals surface area contributed by atoms with Crippen molar-refractivity contribution in [1.29, 1.82) is 0 Å². The van der Waals surface area contributed by atoms with Gasteiger partial charge in [-0.25, -0.2) is 0 Å². The summed E-state index contributed by atoms with van der Waals surface area (Å²) >= 11 is 5.82. The van der Waals surface area contributed by atoms with Crippen LogP contribution < -0.4 is 5.32 Å². The first-order valence-corrected chi connectivity index (χ1v) is 4.05. The Hall–Kier alpha value is -1.02. The molecule has 0 aliphatic rings. The maximum atomic E-state index is 10.0. The third-order valence-corrected chi connectivity index (χ3v) is 1.97. The van der Waals surface area contributed by atoms with Crippen LogP contribution in [0.25, 0.3) is 0 Å². The molecule has 0 fully saturated rings. The summed E-state index contributed by atoms with van der Waals surface area (Å²) in [7, 11) is 0. The number of nitrogens with one attached hydrogen (secondary N) is 1. The van der Waals surface area contributed by atoms with Crippen LogP contribution >= 0.6 is 11.6 Å². The predicted molar refractivity (Wildman–Crippen MR) is 50.7 cm³/mol. The van der Waals surface area contributed by atoms with E-state index in [0.717, 1.165) is 22.6 Å². The van der Waals surface area contributed by atoms with Gasteiger partial charge < -0.3 is 10.1 Å². The van der Waals surface area contributed by atoms with E-state index >= 15 is 0 Å². The van der Waals surface area contributed by atoms with Gasteiger partial charge in [-0.2, -0.15) is 0 Å². The van der Waals surface area contributed by atoms with Crippen molar-refractivity contribution < 1.29 is 4.79 Å². The maximum absolute atomic E-state index is 10.0. The summed E-state index contributed by atoms with van der Waals surface area (Å²) in [5.74, 6) is 0. The van der Waals surface area contributed by atoms with E-state index in [1.165, 1.54) is 0 Å². The molecule has 64 valence electrons. The van der Waals surface area contributed by atoms with E-state index in [0.29, 0.717) is 6.54 Å². The smallest absolute Gasteiger partial charge is 0.139 e. The number of halogens is 1. The van der Waals surface area contributed by atoms with Crippen molar-refractivity contribution in [3.8, 4) is 0 Å². The molecule has 1 N–H and O–H groups in total. The van der Waals surface area contributed by atoms with E-state index in [9.17, 15) is 4.79 Å². The lowest BCUT2D eigenvalue weighted by Crippen LogP contribution is -2.01. The molecule has 0 aliphatic carbocycles. The minimum Gasteiger partial charge on any atom is -0.378 e. The van der Waals surface area contributed by atoms with Crippen LogP contribution in [0.3, 0.4) is 0 Å². The molecule has 0 aliphatic heterocycles. The molecule has 0 saturated carbocycles. The number of carbonyl (C=O) groups excluding carboxylic acids is 1. The van der Waals surface area contributed by atoms with Crippen LogP contribution in [0.5, 0.6) is 0 Å². The molecule has 0 heterocycles. The second-order valence-corrected chi connectivity index (χ2v) is 2.92. The molecule has 0 radical (unpaired) electrons. The van der Waals surface area contributed by atoms with Gasteiger partial charge in [-0.05, 0) is 30.7 Å². The monoisotopic (exact) mass is 183 g/mol. The summed E-state index contributed by atoms with van der Waals surface area (Å²) in [6.45, 7) is 2.26. The van der Waals surface area contributed by atoms with Gasteiger partial charge in [-0.3, -0.25) is 0 Å². The molecule has 0 spiro atoms. The summed E-state index contributed by atoms with van der Waals surface area (Å²) in [4.78, 5) is 10.0. The lowest BCUT2D eigenvalue weighted by Gasteiger charge is -2.03. The third kappa shape index (κ3) is 2.24. The Morgan fingerprint density at radius 3 is 2.92 bits per heavy atom. The fourth-order valence-electron chi connectivity index (χ4n) is 0.914. The lowest BCUT2D eigenvalue weighted by atomic mass is 10.2. The first-order chi connectivity index (χ1) is 5.74. The third-order valence-electron chi connectivity index (χ3n) is 1.55. The number of anilines is 1. The van der Waals surface area contributed by atoms with Gasteiger partial charge >= 0.3 is 0 Å². The highest BCUT2D eigenvalue weighted by molar-refractivity contribution is 6.31. The quantitative estimate of drug-likeness (QED) is 0.729. The Kier molecular flexibility index (Phi) is 3.11. The summed E-state index contributed by atoms with van der Waals surface area (Å²) in [6.07, 6.45) is 0.823. The van der Waals surface area contributed by atoms with E-state index in [4.69, 9.17) is 11.6 Å². The molecule has 1 aromatic carbocycles. The number of carbonyl (C=O) groups is 1. The molecular weight excluding hydrogens is 174 g/mol. The second kappa shape index (κ2) is 4.12. The van der Waals surface area contributed by atoms with Gasteiger partial charge in [-0.1, -0.05) is 11.6 Å². The van der Waals surface area contributed by atoms with Crippen LogP contribution in [0.4, 0.5) is 5.69 Å². The van der Waals surface area contributed by atoms with Crippen LogP contribution in [0, 0.1) is 6.92 Å². The summed E-state index contributed by atoms with van der Waals surface area (Å²) in [5.41, 5.74) is 1.93. The van der Waals surface area contributed by atoms with E-state index in [1.807, 2.05) is 25.1 Å². The van der Waals surface area contributed by atoms with Crippen molar-refractivity contribution in [3.63, 3.8) is 0 Å². The molecule has 2 nitrogen and oxygen atoms in total. The molecule has 1 aromatic rings. The van der Waals surface area contributed by atoms with Crippen LogP contribution in [0.1, 0.15) is 5.56 Å². The Morgan fingerprint density at radius 1 is 1.58 bits per heavy atom. The molecule has 0 unspecified atom stereocenters. The average molecular weight is 184 g/mol. The van der Waals surface area contributed by atoms with Crippen LogP contribution in [-0.2, 0) is 4.79 Å². The highest BCUT2D eigenvalue weighted by atomic mass is 35.5. The van der Waals surface area contributed by atoms with Crippen molar-refractivity contribution in [2.45, 2.75) is 6.92 Å². The van der Waals surface area contributed by atoms with Gasteiger partial charge in [0.25, 0.3) is 0 Å². The summed E-state index contributed by atoms with van der Waals surface area (Å²) < 4.78 is 0. The van der Waals surface area contributed by atoms with Crippen molar-refractivity contribution in [2.75, 3.05) is 11.9 Å². The largest absolute Gasteiger partial charge is 0.378 e. The normalized spacial score (nSPS) is 9.50. The van der Waals surface area contributed by atoms with Crippen LogP contribution in [0.2, 0.25) is 5.02 Å². The number of hydrogen-bond acceptors (Lipinski definition) is 2. The highest BCUT2D eigenvalue weighted by Gasteiger charge is 1.95. The van der Waals surface area contributed by atoms with Crippen LogP contribution in [0.15, 0.2) is 18.2 Å². The lowest BCUT2D eigenvalue weighted by molar-refractivity contribution is -0.106. The molecule has 0 atom stereocenters. The van der Waals surface area contributed by atoms with Crippen molar-refractivity contribution in [3.05, 3.63) is 28.8 Å². The zero-order valence-electron chi connectivity index (χ0n) is 6.80. The Labute approximate surface area is 76.5 Å². The minimum atomic E-state index is 0.334. The Balaban J connectivity index is 2.75. The SMILES string of the molecule is Cc1cc(NCC=O)ccc1Cl. The molecule has 1 rings (SSSR count). The van der Waals surface area contributed by atoms with E-state index in [2.05, 4.69) is 5.32 Å². The molecule has 3 heteroatoms. The van der Waals surface area contributed by atoms with Gasteiger partial charge in [0.1, 0.15) is 6.29 Å². The Bertz CT molecular complexity index is 286. The van der Waals surface area contributed by atoms with Gasteiger partial charge in [0, 0.05) is 10.7 Å². The Morgan fingerprint density at radius 2 is 2.33 bits per heavy atom. The van der Waals surface area contributed by atoms with Crippen molar-refractivity contribution in [1.82, 2.24) is 0 Å². The number of benzene rings is 1. The van der Waals surface area contributed by atoms with E-state index < -0.39 is 0 Å². The topological polar surface area (TPSA) is 29.1 Å². The standard InChI is InChI=1S/C9H10ClNO/c1-7-6-8(11-4-5-12)2-3-9(7)10/h2-3,5-6,11H,4H2,1H3. The van der Waals surface area contributed by atoms with E-state index in [1.54, 1.807) is 0 Å². The van der Waals surface area contributed by atoms with Crippen molar-refractivity contribution >= 4 is 23.6 Å². The number of aldehydes is 1. The summed E-state index contributed by atoms with van der Waals surface area (Å²) in [6, 6.07) is 5.56. The molecule has 0 aromatic heterocycles. The average Bonchev–Trinajstić information content (AvgIpc) is 2.07. The fourth-order valence-corrected chi connectivity index (χ4v) is 1.03. The zero-order valence-corrected chi connectivity index (χ0v) is 7.56. The maximum Gasteiger partial charge on any atom is 0.139 e. The number of hydrogen-bond donors (Lipinski definition) is 1. The second-order valence-electron chi connectivity index (χ2n) is 2.51. The summed E-state index contributed by atoms with van der Waals surface area (Å²) in [5, 5.41) is 3.68. The molecule has 12 heavy (non-hydrogen) atoms. The first-order valence-electron chi connectivity index (χ1n) is 3.67. The van der Waals surface area contributed by atoms with Gasteiger partial charge in [0.15, 0.2) is 0 Å². The van der Waals surface area contributed by atoms with E-state index in [-0.39, 0.29) is 0 Å². The fraction of sp³-hybridized carbons (Fsp3) is 0.222. The molecule has 0 bridgehead atoms. The van der Waals surface area contributed by atoms with Gasteiger partial charge in [-0.15, -0.1) is 0 Å². The van der Waals surface area contributed by atoms with Crippen LogP contribution in [-0.4, -0.2) is 12.8 Å². The highest BCUT2D eigenvalue weighted by Crippen LogP contribution is 2.18. The first kappa shape index (κ1) is 9.07. The molecule has 0 saturated heterocycles. The van der Waals surface area contributed by atoms with Gasteiger partial charge in [0.2, 0.25) is 0 Å². The minimum absolute atomic E-state index is 0.334. The number of rotatable bonds is 3. The van der Waals surface area contributed by atoms with Gasteiger partial charge in [0.05, 0.1) is 6.54 Å². The molecular formula is C9H10ClNO. The predicted octanol–water partition coefficient (Wildman–Crippen LogP) is 2.26.